The van der Waals surface area contributed by atoms with E-state index in [0.717, 1.165) is 25.7 Å². The Kier molecular flexibility index (Phi) is 8.78. The van der Waals surface area contributed by atoms with Crippen molar-refractivity contribution in [2.75, 3.05) is 26.9 Å². The van der Waals surface area contributed by atoms with E-state index in [4.69, 9.17) is 42.6 Å². The van der Waals surface area contributed by atoms with E-state index in [1.807, 2.05) is 6.92 Å². The van der Waals surface area contributed by atoms with Crippen molar-refractivity contribution in [3.8, 4) is 0 Å². The van der Waals surface area contributed by atoms with Gasteiger partial charge in [0.05, 0.1) is 13.7 Å². The quantitative estimate of drug-likeness (QED) is 0.223. The molecule has 4 fully saturated rings. The van der Waals surface area contributed by atoms with Crippen LogP contribution in [0.15, 0.2) is 0 Å². The van der Waals surface area contributed by atoms with Crippen LogP contribution in [-0.4, -0.2) is 100 Å². The van der Waals surface area contributed by atoms with Gasteiger partial charge in [0.2, 0.25) is 0 Å². The van der Waals surface area contributed by atoms with E-state index in [2.05, 4.69) is 6.92 Å². The number of esters is 2. The molecule has 0 aromatic carbocycles. The maximum absolute atomic E-state index is 12.7. The van der Waals surface area contributed by atoms with Crippen LogP contribution in [0.5, 0.6) is 0 Å². The Bertz CT molecular complexity index is 702. The Morgan fingerprint density at radius 1 is 0.882 bits per heavy atom. The summed E-state index contributed by atoms with van der Waals surface area (Å²) in [6, 6.07) is 0. The van der Waals surface area contributed by atoms with E-state index < -0.39 is 48.7 Å². The van der Waals surface area contributed by atoms with E-state index in [-0.39, 0.29) is 24.6 Å². The monoisotopic (exact) mass is 488 g/mol. The van der Waals surface area contributed by atoms with Gasteiger partial charge in [-0.1, -0.05) is 26.7 Å². The fourth-order valence-electron chi connectivity index (χ4n) is 4.58. The molecule has 11 nitrogen and oxygen atoms in total. The zero-order chi connectivity index (χ0) is 24.2. The normalized spacial score (nSPS) is 40.5. The Morgan fingerprint density at radius 3 is 2.24 bits per heavy atom. The third kappa shape index (κ3) is 5.56. The van der Waals surface area contributed by atoms with E-state index in [9.17, 15) is 9.59 Å². The first-order valence-corrected chi connectivity index (χ1v) is 12.2. The minimum Gasteiger partial charge on any atom is -0.467 e. The van der Waals surface area contributed by atoms with Crippen molar-refractivity contribution in [3.05, 3.63) is 0 Å². The summed E-state index contributed by atoms with van der Waals surface area (Å²) >= 11 is 0. The summed E-state index contributed by atoms with van der Waals surface area (Å²) in [6.45, 7) is 6.57. The highest BCUT2D eigenvalue weighted by Gasteiger charge is 2.64. The van der Waals surface area contributed by atoms with Gasteiger partial charge >= 0.3 is 11.9 Å². The minimum atomic E-state index is -1.25. The number of ether oxygens (including phenoxy) is 9. The van der Waals surface area contributed by atoms with Gasteiger partial charge in [-0.15, -0.1) is 0 Å². The molecular weight excluding hydrogens is 452 g/mol. The van der Waals surface area contributed by atoms with Crippen molar-refractivity contribution >= 4 is 11.9 Å². The second-order valence-electron chi connectivity index (χ2n) is 8.94. The maximum atomic E-state index is 12.7. The van der Waals surface area contributed by atoms with Gasteiger partial charge in [0.1, 0.15) is 36.6 Å². The van der Waals surface area contributed by atoms with Gasteiger partial charge in [-0.25, -0.2) is 4.79 Å². The highest BCUT2D eigenvalue weighted by molar-refractivity contribution is 5.76. The average Bonchev–Trinajstić information content (AvgIpc) is 3.51. The van der Waals surface area contributed by atoms with Crippen LogP contribution in [0.25, 0.3) is 0 Å². The van der Waals surface area contributed by atoms with Crippen LogP contribution in [0.1, 0.15) is 46.5 Å². The number of methoxy groups -OCH3 is 1. The number of hydrogen-bond acceptors (Lipinski definition) is 11. The van der Waals surface area contributed by atoms with Crippen molar-refractivity contribution in [2.45, 2.75) is 108 Å². The lowest BCUT2D eigenvalue weighted by Crippen LogP contribution is -2.64. The van der Waals surface area contributed by atoms with E-state index in [1.54, 1.807) is 0 Å². The Morgan fingerprint density at radius 2 is 1.59 bits per heavy atom. The Balaban J connectivity index is 1.59. The molecule has 0 aromatic rings. The molecule has 4 saturated heterocycles. The van der Waals surface area contributed by atoms with Crippen LogP contribution >= 0.6 is 0 Å². The molecule has 0 aromatic heterocycles. The molecule has 0 N–H and O–H groups in total. The van der Waals surface area contributed by atoms with Crippen LogP contribution in [0.4, 0.5) is 0 Å². The third-order valence-corrected chi connectivity index (χ3v) is 6.39. The third-order valence-electron chi connectivity index (χ3n) is 6.39. The van der Waals surface area contributed by atoms with Crippen LogP contribution in [0.2, 0.25) is 0 Å². The van der Waals surface area contributed by atoms with Crippen molar-refractivity contribution in [1.82, 2.24) is 0 Å². The highest BCUT2D eigenvalue weighted by atomic mass is 16.8. The SMILES string of the molecule is CCCCOC1[C@H](OC(C)=O)C(C(=O)OC)O[C@@H](O[C@@H]2C3CO[C@H](O3)[C@@H]3OC23)[C@H]1OCCCC. The molecule has 0 amide bonds. The lowest BCUT2D eigenvalue weighted by molar-refractivity contribution is -0.327. The Hall–Kier alpha value is -1.34. The maximum Gasteiger partial charge on any atom is 0.339 e. The predicted octanol–water partition coefficient (Wildman–Crippen LogP) is 1.09. The molecule has 4 aliphatic rings. The summed E-state index contributed by atoms with van der Waals surface area (Å²) < 4.78 is 52.5. The second-order valence-corrected chi connectivity index (χ2v) is 8.94. The molecule has 4 rings (SSSR count). The van der Waals surface area contributed by atoms with Gasteiger partial charge in [-0.2, -0.15) is 0 Å². The van der Waals surface area contributed by atoms with Crippen molar-refractivity contribution < 1.29 is 52.2 Å². The summed E-state index contributed by atoms with van der Waals surface area (Å²) in [4.78, 5) is 24.6. The molecule has 0 saturated carbocycles. The average molecular weight is 489 g/mol. The number of rotatable bonds is 12. The van der Waals surface area contributed by atoms with Crippen LogP contribution in [-0.2, 0) is 52.2 Å². The van der Waals surface area contributed by atoms with E-state index in [1.165, 1.54) is 14.0 Å². The lowest BCUT2D eigenvalue weighted by Gasteiger charge is -2.45. The summed E-state index contributed by atoms with van der Waals surface area (Å²) in [6.07, 6.45) is -2.98. The van der Waals surface area contributed by atoms with Crippen LogP contribution in [0.3, 0.4) is 0 Å². The van der Waals surface area contributed by atoms with Gasteiger partial charge in [0.15, 0.2) is 24.8 Å². The summed E-state index contributed by atoms with van der Waals surface area (Å²) in [5.74, 6) is -1.26. The number of hydrogen-bond donors (Lipinski definition) is 0. The number of carbonyl (C=O) groups is 2. The molecule has 4 heterocycles. The number of epoxide rings is 1. The molecule has 34 heavy (non-hydrogen) atoms. The van der Waals surface area contributed by atoms with Crippen molar-refractivity contribution in [3.63, 3.8) is 0 Å². The molecule has 10 atom stereocenters. The van der Waals surface area contributed by atoms with E-state index in [0.29, 0.717) is 19.8 Å². The molecule has 4 unspecified atom stereocenters. The van der Waals surface area contributed by atoms with Gasteiger partial charge < -0.3 is 42.6 Å². The molecule has 4 aliphatic heterocycles. The molecule has 0 spiro atoms. The topological polar surface area (TPSA) is 121 Å². The minimum absolute atomic E-state index is 0.186. The highest BCUT2D eigenvalue weighted by Crippen LogP contribution is 2.44. The molecule has 0 radical (unpaired) electrons. The molecule has 2 bridgehead atoms. The standard InChI is InChI=1S/C23H36O11/c1-5-7-9-27-15-17(30-12(3)24)18(21(25)26-4)34-23(19(15)28-10-8-6-2)33-14-13-11-29-22(31-13)20-16(14)32-20/h13-20,22-23H,5-11H2,1-4H3/t13?,14-,15?,16?,17+,18?,19+,20-,22-,23-/m1/s1. The largest absolute Gasteiger partial charge is 0.467 e. The lowest BCUT2D eigenvalue weighted by atomic mass is 9.97. The van der Waals surface area contributed by atoms with Crippen molar-refractivity contribution in [1.29, 1.82) is 0 Å². The fraction of sp³-hybridized carbons (Fsp3) is 0.913. The van der Waals surface area contributed by atoms with Crippen LogP contribution < -0.4 is 0 Å². The molecule has 11 heteroatoms. The first kappa shape index (κ1) is 25.7. The Labute approximate surface area is 199 Å². The van der Waals surface area contributed by atoms with Gasteiger partial charge in [-0.3, -0.25) is 4.79 Å². The first-order chi connectivity index (χ1) is 16.5. The molecule has 0 aliphatic carbocycles. The number of fused-ring (bicyclic) bond motifs is 4. The summed E-state index contributed by atoms with van der Waals surface area (Å²) in [7, 11) is 1.25. The van der Waals surface area contributed by atoms with Gasteiger partial charge in [0, 0.05) is 20.1 Å². The van der Waals surface area contributed by atoms with Crippen molar-refractivity contribution in [2.24, 2.45) is 0 Å². The zero-order valence-corrected chi connectivity index (χ0v) is 20.2. The predicted molar refractivity (Wildman–Crippen MR) is 114 cm³/mol. The van der Waals surface area contributed by atoms with E-state index >= 15 is 0 Å². The number of unbranched alkanes of at least 4 members (excludes halogenated alkanes) is 2. The molecular formula is C23H36O11. The smallest absolute Gasteiger partial charge is 0.339 e. The second kappa shape index (κ2) is 11.6. The van der Waals surface area contributed by atoms with Crippen LogP contribution in [0, 0.1) is 0 Å². The first-order valence-electron chi connectivity index (χ1n) is 12.2. The van der Waals surface area contributed by atoms with Gasteiger partial charge in [-0.05, 0) is 12.8 Å². The summed E-state index contributed by atoms with van der Waals surface area (Å²) in [5.41, 5.74) is 0. The van der Waals surface area contributed by atoms with Gasteiger partial charge in [0.25, 0.3) is 0 Å². The number of carbonyl (C=O) groups excluding carboxylic acids is 2. The fourth-order valence-corrected chi connectivity index (χ4v) is 4.58. The zero-order valence-electron chi connectivity index (χ0n) is 20.2. The summed E-state index contributed by atoms with van der Waals surface area (Å²) in [5, 5.41) is 0. The molecule has 194 valence electrons.